The number of para-hydroxylation sites is 1. The Kier molecular flexibility index (Phi) is 7.97. The second-order valence-corrected chi connectivity index (χ2v) is 9.25. The number of carbonyl (C=O) groups excluding carboxylic acids is 2. The number of non-ortho nitro benzene ring substituents is 1. The number of nitrogens with zero attached hydrogens (tertiary/aromatic N) is 3. The van der Waals surface area contributed by atoms with Gasteiger partial charge in [-0.1, -0.05) is 24.3 Å². The molecule has 0 atom stereocenters. The smallest absolute Gasteiger partial charge is 0.270 e. The lowest BCUT2D eigenvalue weighted by atomic mass is 10.1. The van der Waals surface area contributed by atoms with Gasteiger partial charge in [-0.15, -0.1) is 6.58 Å². The molecule has 2 N–H and O–H groups in total. The highest BCUT2D eigenvalue weighted by Crippen LogP contribution is 2.24. The third-order valence-corrected chi connectivity index (χ3v) is 6.57. The Balaban J connectivity index is 1.70. The van der Waals surface area contributed by atoms with Crippen LogP contribution >= 0.6 is 0 Å². The molecule has 12 heteroatoms. The Morgan fingerprint density at radius 3 is 2.47 bits per heavy atom. The van der Waals surface area contributed by atoms with E-state index in [2.05, 4.69) is 16.6 Å². The van der Waals surface area contributed by atoms with Gasteiger partial charge in [-0.2, -0.15) is 0 Å². The molecule has 0 bridgehead atoms. The van der Waals surface area contributed by atoms with Crippen LogP contribution in [0.2, 0.25) is 0 Å². The normalized spacial score (nSPS) is 14.3. The minimum atomic E-state index is -4.17. The second-order valence-electron chi connectivity index (χ2n) is 7.57. The first-order valence-corrected chi connectivity index (χ1v) is 11.9. The molecule has 1 saturated heterocycles. The van der Waals surface area contributed by atoms with E-state index in [1.165, 1.54) is 30.3 Å². The SMILES string of the molecule is C=CCNC(=O)CN1CCN(C(=O)c2ccccc2NS(=O)(=O)c2cccc([N+](=O)[O-])c2)CC1. The van der Waals surface area contributed by atoms with Gasteiger partial charge in [0.15, 0.2) is 0 Å². The molecule has 0 radical (unpaired) electrons. The molecule has 1 fully saturated rings. The molecule has 3 rings (SSSR count). The van der Waals surface area contributed by atoms with E-state index in [1.54, 1.807) is 23.1 Å². The van der Waals surface area contributed by atoms with Gasteiger partial charge in [-0.05, 0) is 18.2 Å². The molecule has 1 aliphatic heterocycles. The molecular formula is C22H25N5O6S. The zero-order valence-corrected chi connectivity index (χ0v) is 19.2. The number of amides is 2. The molecule has 2 aromatic rings. The molecule has 0 aliphatic carbocycles. The number of sulfonamides is 1. The molecule has 2 aromatic carbocycles. The van der Waals surface area contributed by atoms with Gasteiger partial charge in [-0.25, -0.2) is 8.42 Å². The zero-order chi connectivity index (χ0) is 24.7. The summed E-state index contributed by atoms with van der Waals surface area (Å²) in [4.78, 5) is 38.6. The molecule has 0 unspecified atom stereocenters. The van der Waals surface area contributed by atoms with Crippen LogP contribution in [0.4, 0.5) is 11.4 Å². The lowest BCUT2D eigenvalue weighted by Crippen LogP contribution is -2.51. The van der Waals surface area contributed by atoms with Crippen molar-refractivity contribution in [2.45, 2.75) is 4.90 Å². The maximum Gasteiger partial charge on any atom is 0.270 e. The Morgan fingerprint density at radius 1 is 1.09 bits per heavy atom. The van der Waals surface area contributed by atoms with Crippen molar-refractivity contribution in [3.63, 3.8) is 0 Å². The van der Waals surface area contributed by atoms with Crippen molar-refractivity contribution >= 4 is 33.2 Å². The Morgan fingerprint density at radius 2 is 1.79 bits per heavy atom. The first kappa shape index (κ1) is 24.9. The van der Waals surface area contributed by atoms with Crippen molar-refractivity contribution in [3.8, 4) is 0 Å². The van der Waals surface area contributed by atoms with Gasteiger partial charge in [-0.3, -0.25) is 29.3 Å². The van der Waals surface area contributed by atoms with Crippen LogP contribution in [0.15, 0.2) is 66.1 Å². The van der Waals surface area contributed by atoms with Crippen LogP contribution in [0, 0.1) is 10.1 Å². The van der Waals surface area contributed by atoms with E-state index in [0.29, 0.717) is 32.7 Å². The number of rotatable bonds is 9. The van der Waals surface area contributed by atoms with Crippen molar-refractivity contribution in [2.24, 2.45) is 0 Å². The van der Waals surface area contributed by atoms with E-state index in [4.69, 9.17) is 0 Å². The molecule has 2 amide bonds. The average Bonchev–Trinajstić information content (AvgIpc) is 2.83. The van der Waals surface area contributed by atoms with Gasteiger partial charge >= 0.3 is 0 Å². The summed E-state index contributed by atoms with van der Waals surface area (Å²) >= 11 is 0. The van der Waals surface area contributed by atoms with Gasteiger partial charge in [0.2, 0.25) is 5.91 Å². The number of benzene rings is 2. The van der Waals surface area contributed by atoms with Crippen molar-refractivity contribution in [2.75, 3.05) is 44.0 Å². The molecule has 0 aromatic heterocycles. The summed E-state index contributed by atoms with van der Waals surface area (Å²) in [6, 6.07) is 10.9. The fraction of sp³-hybridized carbons (Fsp3) is 0.273. The number of piperazine rings is 1. The maximum absolute atomic E-state index is 13.1. The van der Waals surface area contributed by atoms with Crippen molar-refractivity contribution in [3.05, 3.63) is 76.9 Å². The van der Waals surface area contributed by atoms with Crippen LogP contribution in [0.5, 0.6) is 0 Å². The molecule has 34 heavy (non-hydrogen) atoms. The topological polar surface area (TPSA) is 142 Å². The van der Waals surface area contributed by atoms with E-state index in [9.17, 15) is 28.1 Å². The van der Waals surface area contributed by atoms with Gasteiger partial charge in [0.05, 0.1) is 27.6 Å². The maximum atomic E-state index is 13.1. The molecule has 1 aliphatic rings. The first-order valence-electron chi connectivity index (χ1n) is 10.5. The number of hydrogen-bond acceptors (Lipinski definition) is 7. The van der Waals surface area contributed by atoms with Crippen molar-refractivity contribution in [1.29, 1.82) is 0 Å². The highest BCUT2D eigenvalue weighted by atomic mass is 32.2. The summed E-state index contributed by atoms with van der Waals surface area (Å²) in [5.74, 6) is -0.478. The molecule has 1 heterocycles. The third kappa shape index (κ3) is 6.17. The number of hydrogen-bond donors (Lipinski definition) is 2. The fourth-order valence-electron chi connectivity index (χ4n) is 3.45. The van der Waals surface area contributed by atoms with Gasteiger partial charge in [0, 0.05) is 44.9 Å². The Labute approximate surface area is 197 Å². The van der Waals surface area contributed by atoms with Crippen LogP contribution < -0.4 is 10.0 Å². The fourth-order valence-corrected chi connectivity index (χ4v) is 4.57. The predicted molar refractivity (Wildman–Crippen MR) is 126 cm³/mol. The Hall–Kier alpha value is -3.77. The van der Waals surface area contributed by atoms with Crippen molar-refractivity contribution in [1.82, 2.24) is 15.1 Å². The van der Waals surface area contributed by atoms with E-state index >= 15 is 0 Å². The summed E-state index contributed by atoms with van der Waals surface area (Å²) in [6.45, 7) is 5.90. The molecule has 0 saturated carbocycles. The minimum Gasteiger partial charge on any atom is -0.352 e. The lowest BCUT2D eigenvalue weighted by Gasteiger charge is -2.34. The summed E-state index contributed by atoms with van der Waals surface area (Å²) in [7, 11) is -4.17. The highest BCUT2D eigenvalue weighted by molar-refractivity contribution is 7.92. The lowest BCUT2D eigenvalue weighted by molar-refractivity contribution is -0.385. The highest BCUT2D eigenvalue weighted by Gasteiger charge is 2.26. The number of carbonyl (C=O) groups is 2. The van der Waals surface area contributed by atoms with Crippen molar-refractivity contribution < 1.29 is 22.9 Å². The molecular weight excluding hydrogens is 462 g/mol. The van der Waals surface area contributed by atoms with E-state index in [0.717, 1.165) is 6.07 Å². The minimum absolute atomic E-state index is 0.0743. The van der Waals surface area contributed by atoms with Crippen LogP contribution in [-0.2, 0) is 14.8 Å². The molecule has 11 nitrogen and oxygen atoms in total. The summed E-state index contributed by atoms with van der Waals surface area (Å²) in [5.41, 5.74) is -0.123. The predicted octanol–water partition coefficient (Wildman–Crippen LogP) is 1.46. The summed E-state index contributed by atoms with van der Waals surface area (Å²) in [5, 5.41) is 13.7. The van der Waals surface area contributed by atoms with E-state index in [-0.39, 0.29) is 40.2 Å². The largest absolute Gasteiger partial charge is 0.352 e. The van der Waals surface area contributed by atoms with Gasteiger partial charge in [0.25, 0.3) is 21.6 Å². The average molecular weight is 488 g/mol. The monoisotopic (exact) mass is 487 g/mol. The third-order valence-electron chi connectivity index (χ3n) is 5.21. The number of nitro groups is 1. The summed E-state index contributed by atoms with van der Waals surface area (Å²) in [6.07, 6.45) is 1.60. The van der Waals surface area contributed by atoms with Crippen LogP contribution in [0.3, 0.4) is 0 Å². The van der Waals surface area contributed by atoms with Crippen LogP contribution in [-0.4, -0.2) is 74.2 Å². The number of anilines is 1. The van der Waals surface area contributed by atoms with E-state index in [1.807, 2.05) is 4.90 Å². The molecule has 180 valence electrons. The standard InChI is InChI=1S/C22H25N5O6S/c1-2-10-23-21(28)16-25-11-13-26(14-12-25)22(29)19-8-3-4-9-20(19)24-34(32,33)18-7-5-6-17(15-18)27(30)31/h2-9,15,24H,1,10-14,16H2,(H,23,28). The number of nitrogens with one attached hydrogen (secondary N) is 2. The quantitative estimate of drug-likeness (QED) is 0.310. The zero-order valence-electron chi connectivity index (χ0n) is 18.3. The van der Waals surface area contributed by atoms with E-state index < -0.39 is 14.9 Å². The van der Waals surface area contributed by atoms with Gasteiger partial charge < -0.3 is 10.2 Å². The summed E-state index contributed by atoms with van der Waals surface area (Å²) < 4.78 is 28.1. The van der Waals surface area contributed by atoms with Gasteiger partial charge in [0.1, 0.15) is 0 Å². The number of nitro benzene ring substituents is 1. The second kappa shape index (κ2) is 10.9. The molecule has 0 spiro atoms. The first-order chi connectivity index (χ1) is 16.2. The van der Waals surface area contributed by atoms with Crippen LogP contribution in [0.1, 0.15) is 10.4 Å². The Bertz CT molecular complexity index is 1190. The van der Waals surface area contributed by atoms with Crippen LogP contribution in [0.25, 0.3) is 0 Å².